The third kappa shape index (κ3) is 5.63. The van der Waals surface area contributed by atoms with Gasteiger partial charge in [0.2, 0.25) is 0 Å². The number of hydrogen-bond donors (Lipinski definition) is 0. The van der Waals surface area contributed by atoms with Crippen LogP contribution in [0.4, 0.5) is 0 Å². The van der Waals surface area contributed by atoms with Crippen molar-refractivity contribution in [2.24, 2.45) is 4.99 Å². The summed E-state index contributed by atoms with van der Waals surface area (Å²) in [7, 11) is 0. The highest BCUT2D eigenvalue weighted by Gasteiger charge is 2.51. The number of benzene rings is 2. The van der Waals surface area contributed by atoms with Crippen LogP contribution in [0.25, 0.3) is 0 Å². The van der Waals surface area contributed by atoms with Crippen LogP contribution in [0.3, 0.4) is 0 Å². The van der Waals surface area contributed by atoms with E-state index in [2.05, 4.69) is 87.2 Å². The van der Waals surface area contributed by atoms with Crippen LogP contribution in [0.1, 0.15) is 70.1 Å². The Morgan fingerprint density at radius 2 is 1.63 bits per heavy atom. The van der Waals surface area contributed by atoms with Crippen molar-refractivity contribution in [1.82, 2.24) is 4.90 Å². The Morgan fingerprint density at radius 1 is 0.943 bits per heavy atom. The van der Waals surface area contributed by atoms with Crippen molar-refractivity contribution in [3.63, 3.8) is 0 Å². The van der Waals surface area contributed by atoms with E-state index in [0.29, 0.717) is 6.61 Å². The molecule has 0 aromatic heterocycles. The highest BCUT2D eigenvalue weighted by Crippen LogP contribution is 2.46. The second-order valence-corrected chi connectivity index (χ2v) is 10.3. The zero-order valence-electron chi connectivity index (χ0n) is 21.5. The van der Waals surface area contributed by atoms with Crippen LogP contribution in [-0.4, -0.2) is 30.4 Å². The maximum atomic E-state index is 6.83. The molecule has 2 aliphatic heterocycles. The number of rotatable bonds is 10. The van der Waals surface area contributed by atoms with E-state index in [1.807, 2.05) is 12.1 Å². The molecule has 0 radical (unpaired) electrons. The van der Waals surface area contributed by atoms with Gasteiger partial charge in [0.1, 0.15) is 5.84 Å². The lowest BCUT2D eigenvalue weighted by molar-refractivity contribution is -0.0821. The molecule has 0 N–H and O–H groups in total. The minimum Gasteiger partial charge on any atom is -0.343 e. The van der Waals surface area contributed by atoms with Gasteiger partial charge in [-0.25, -0.2) is 0 Å². The first-order valence-electron chi connectivity index (χ1n) is 12.7. The van der Waals surface area contributed by atoms with E-state index >= 15 is 0 Å². The lowest BCUT2D eigenvalue weighted by atomic mass is 9.93. The van der Waals surface area contributed by atoms with Crippen LogP contribution >= 0.6 is 11.6 Å². The van der Waals surface area contributed by atoms with E-state index in [1.54, 1.807) is 0 Å². The second-order valence-electron chi connectivity index (χ2n) is 9.82. The summed E-state index contributed by atoms with van der Waals surface area (Å²) < 4.78 is 6.83. The molecule has 2 aromatic carbocycles. The van der Waals surface area contributed by atoms with Crippen LogP contribution in [-0.2, 0) is 10.5 Å². The third-order valence-electron chi connectivity index (χ3n) is 6.84. The molecule has 0 amide bonds. The summed E-state index contributed by atoms with van der Waals surface area (Å²) in [5.41, 5.74) is 6.93. The molecule has 0 saturated heterocycles. The summed E-state index contributed by atoms with van der Waals surface area (Å²) in [6.07, 6.45) is 11.3. The maximum Gasteiger partial charge on any atom is 0.196 e. The number of amidine groups is 1. The predicted octanol–water partition coefficient (Wildman–Crippen LogP) is 8.05. The molecule has 2 heterocycles. The van der Waals surface area contributed by atoms with Gasteiger partial charge in [0.05, 0.1) is 13.2 Å². The van der Waals surface area contributed by atoms with Crippen molar-refractivity contribution >= 4 is 17.4 Å². The lowest BCUT2D eigenvalue weighted by Crippen LogP contribution is -2.46. The Kier molecular flexibility index (Phi) is 8.30. The van der Waals surface area contributed by atoms with E-state index in [9.17, 15) is 0 Å². The molecule has 2 aliphatic rings. The minimum absolute atomic E-state index is 0.538. The topological polar surface area (TPSA) is 24.8 Å². The van der Waals surface area contributed by atoms with Crippen molar-refractivity contribution in [1.29, 1.82) is 0 Å². The van der Waals surface area contributed by atoms with Gasteiger partial charge in [0.15, 0.2) is 5.72 Å². The van der Waals surface area contributed by atoms with Gasteiger partial charge in [-0.2, -0.15) is 0 Å². The molecule has 35 heavy (non-hydrogen) atoms. The van der Waals surface area contributed by atoms with E-state index in [4.69, 9.17) is 21.3 Å². The molecule has 0 aliphatic carbocycles. The van der Waals surface area contributed by atoms with E-state index in [-0.39, 0.29) is 0 Å². The summed E-state index contributed by atoms with van der Waals surface area (Å²) in [6.45, 7) is 10.9. The number of nitrogens with zero attached hydrogens (tertiary/aromatic N) is 2. The van der Waals surface area contributed by atoms with Crippen molar-refractivity contribution in [2.45, 2.75) is 59.1 Å². The molecule has 4 heteroatoms. The average molecular weight is 489 g/mol. The Hall–Kier alpha value is -2.62. The number of fused-ring (bicyclic) bond motifs is 3. The first-order valence-corrected chi connectivity index (χ1v) is 13.1. The molecule has 3 nitrogen and oxygen atoms in total. The molecule has 1 unspecified atom stereocenters. The molecule has 2 aromatic rings. The van der Waals surface area contributed by atoms with Crippen LogP contribution in [0, 0.1) is 0 Å². The normalized spacial score (nSPS) is 19.5. The van der Waals surface area contributed by atoms with Crippen LogP contribution in [0.15, 0.2) is 88.5 Å². The highest BCUT2D eigenvalue weighted by atomic mass is 35.5. The van der Waals surface area contributed by atoms with Crippen LogP contribution in [0.5, 0.6) is 0 Å². The van der Waals surface area contributed by atoms with Gasteiger partial charge in [0, 0.05) is 28.3 Å². The molecule has 1 atom stereocenters. The van der Waals surface area contributed by atoms with Gasteiger partial charge in [-0.3, -0.25) is 4.99 Å². The van der Waals surface area contributed by atoms with Gasteiger partial charge >= 0.3 is 0 Å². The molecular formula is C31H37ClN2O. The summed E-state index contributed by atoms with van der Waals surface area (Å²) >= 11 is 6.24. The summed E-state index contributed by atoms with van der Waals surface area (Å²) in [6, 6.07) is 16.6. The Labute approximate surface area is 215 Å². The van der Waals surface area contributed by atoms with Gasteiger partial charge in [0.25, 0.3) is 0 Å². The zero-order valence-corrected chi connectivity index (χ0v) is 22.2. The van der Waals surface area contributed by atoms with E-state index < -0.39 is 5.72 Å². The summed E-state index contributed by atoms with van der Waals surface area (Å²) in [4.78, 5) is 7.14. The quantitative estimate of drug-likeness (QED) is 0.316. The van der Waals surface area contributed by atoms with Gasteiger partial charge in [-0.15, -0.1) is 0 Å². The molecule has 0 bridgehead atoms. The summed E-state index contributed by atoms with van der Waals surface area (Å²) in [5, 5.41) is 0.727. The first-order chi connectivity index (χ1) is 16.9. The molecule has 0 saturated carbocycles. The van der Waals surface area contributed by atoms with E-state index in [0.717, 1.165) is 66.3 Å². The first kappa shape index (κ1) is 25.5. The summed E-state index contributed by atoms with van der Waals surface area (Å²) in [5.74, 6) is 1.03. The molecule has 0 spiro atoms. The molecule has 4 rings (SSSR count). The average Bonchev–Trinajstić information content (AvgIpc) is 3.41. The lowest BCUT2D eigenvalue weighted by Gasteiger charge is -2.38. The van der Waals surface area contributed by atoms with Crippen LogP contribution < -0.4 is 0 Å². The fraction of sp³-hybridized carbons (Fsp3) is 0.387. The smallest absolute Gasteiger partial charge is 0.196 e. The van der Waals surface area contributed by atoms with Crippen molar-refractivity contribution in [3.05, 3.63) is 105 Å². The zero-order chi connectivity index (χ0) is 24.8. The molecule has 0 fully saturated rings. The monoisotopic (exact) mass is 488 g/mol. The number of hydrogen-bond acceptors (Lipinski definition) is 3. The van der Waals surface area contributed by atoms with Crippen molar-refractivity contribution < 1.29 is 4.74 Å². The third-order valence-corrected chi connectivity index (χ3v) is 7.09. The maximum absolute atomic E-state index is 6.83. The fourth-order valence-electron chi connectivity index (χ4n) is 4.97. The molecular weight excluding hydrogens is 452 g/mol. The van der Waals surface area contributed by atoms with Gasteiger partial charge < -0.3 is 9.64 Å². The van der Waals surface area contributed by atoms with E-state index in [1.165, 1.54) is 16.7 Å². The Bertz CT molecular complexity index is 1150. The number of allylic oxidation sites excluding steroid dienone is 5. The number of ether oxygens (including phenoxy) is 1. The van der Waals surface area contributed by atoms with Crippen molar-refractivity contribution in [2.75, 3.05) is 19.7 Å². The number of aliphatic imine (C=N–C) groups is 1. The van der Waals surface area contributed by atoms with Gasteiger partial charge in [-0.05, 0) is 65.5 Å². The van der Waals surface area contributed by atoms with Gasteiger partial charge in [-0.1, -0.05) is 82.9 Å². The fourth-order valence-corrected chi connectivity index (χ4v) is 5.10. The second kappa shape index (κ2) is 11.4. The minimum atomic E-state index is -0.686. The highest BCUT2D eigenvalue weighted by molar-refractivity contribution is 6.30. The Balaban J connectivity index is 1.49. The SMILES string of the molecule is CC(C)=CCC/C(C)=C/CC/C(C)=C/COC1(c2ccc(Cl)cc2)c2ccccc2C2=NCCN21. The standard InChI is InChI=1S/C31H37ClN2O/c1-23(2)9-7-10-24(3)11-8-12-25(4)19-22-35-31(26-15-17-27(32)18-16-26)29-14-6-5-13-28(29)30-33-20-21-34(30)31/h5-6,9,11,13-19H,7-8,10,12,20-22H2,1-4H3/b24-11+,25-19+. The van der Waals surface area contributed by atoms with Crippen molar-refractivity contribution in [3.8, 4) is 0 Å². The van der Waals surface area contributed by atoms with Crippen LogP contribution in [0.2, 0.25) is 5.02 Å². The predicted molar refractivity (Wildman–Crippen MR) is 148 cm³/mol. The molecule has 184 valence electrons. The Morgan fingerprint density at radius 3 is 2.37 bits per heavy atom. The largest absolute Gasteiger partial charge is 0.343 e. The number of halogens is 1.